The highest BCUT2D eigenvalue weighted by molar-refractivity contribution is 6.00. The molecular formula is C19H21FN2O. The van der Waals surface area contributed by atoms with Crippen LogP contribution in [0.25, 0.3) is 0 Å². The molecule has 0 fully saturated rings. The van der Waals surface area contributed by atoms with E-state index >= 15 is 0 Å². The fraction of sp³-hybridized carbons (Fsp3) is 0.316. The lowest BCUT2D eigenvalue weighted by Gasteiger charge is -2.13. The van der Waals surface area contributed by atoms with Crippen molar-refractivity contribution < 1.29 is 9.18 Å². The van der Waals surface area contributed by atoms with Gasteiger partial charge in [-0.15, -0.1) is 0 Å². The van der Waals surface area contributed by atoms with Gasteiger partial charge in [-0.3, -0.25) is 4.79 Å². The van der Waals surface area contributed by atoms with Gasteiger partial charge in [-0.25, -0.2) is 4.39 Å². The lowest BCUT2D eigenvalue weighted by atomic mass is 10.0. The van der Waals surface area contributed by atoms with Crippen molar-refractivity contribution in [2.75, 3.05) is 18.4 Å². The van der Waals surface area contributed by atoms with Gasteiger partial charge in [0.2, 0.25) is 0 Å². The van der Waals surface area contributed by atoms with Gasteiger partial charge in [0.05, 0.1) is 6.04 Å². The largest absolute Gasteiger partial charge is 0.384 e. The molecule has 120 valence electrons. The molecule has 2 N–H and O–H groups in total. The summed E-state index contributed by atoms with van der Waals surface area (Å²) in [5.41, 5.74) is 4.17. The minimum absolute atomic E-state index is 0.110. The number of hydrogen-bond donors (Lipinski definition) is 2. The number of fused-ring (bicyclic) bond motifs is 1. The summed E-state index contributed by atoms with van der Waals surface area (Å²) < 4.78 is 12.9. The van der Waals surface area contributed by atoms with Crippen LogP contribution in [0.4, 0.5) is 10.1 Å². The maximum atomic E-state index is 12.9. The molecule has 23 heavy (non-hydrogen) atoms. The molecule has 0 spiro atoms. The third-order valence-corrected chi connectivity index (χ3v) is 4.27. The van der Waals surface area contributed by atoms with Crippen LogP contribution in [0.15, 0.2) is 42.5 Å². The molecule has 1 aliphatic heterocycles. The molecule has 1 unspecified atom stereocenters. The average Bonchev–Trinajstić information content (AvgIpc) is 3.03. The van der Waals surface area contributed by atoms with Crippen molar-refractivity contribution in [2.45, 2.75) is 25.8 Å². The van der Waals surface area contributed by atoms with Crippen LogP contribution in [0.1, 0.15) is 28.4 Å². The molecular weight excluding hydrogens is 291 g/mol. The van der Waals surface area contributed by atoms with Gasteiger partial charge in [0.15, 0.2) is 5.78 Å². The van der Waals surface area contributed by atoms with Crippen LogP contribution in [-0.4, -0.2) is 24.9 Å². The van der Waals surface area contributed by atoms with Crippen LogP contribution in [0.3, 0.4) is 0 Å². The van der Waals surface area contributed by atoms with Crippen LogP contribution in [-0.2, 0) is 12.8 Å². The number of Topliss-reactive ketones (excluding diaryl/α,β-unsaturated/α-hetero) is 1. The molecule has 2 aromatic carbocycles. The Bertz CT molecular complexity index is 697. The highest BCUT2D eigenvalue weighted by Crippen LogP contribution is 2.23. The quantitative estimate of drug-likeness (QED) is 0.805. The summed E-state index contributed by atoms with van der Waals surface area (Å²) >= 11 is 0. The predicted octanol–water partition coefficient (Wildman–Crippen LogP) is 3.20. The van der Waals surface area contributed by atoms with E-state index in [0.29, 0.717) is 6.54 Å². The Balaban J connectivity index is 1.54. The number of benzene rings is 2. The molecule has 0 saturated carbocycles. The van der Waals surface area contributed by atoms with Gasteiger partial charge < -0.3 is 10.6 Å². The summed E-state index contributed by atoms with van der Waals surface area (Å²) in [4.78, 5) is 12.5. The van der Waals surface area contributed by atoms with E-state index in [1.54, 1.807) is 12.1 Å². The number of halogens is 1. The Hall–Kier alpha value is -2.20. The molecule has 3 nitrogen and oxygen atoms in total. The summed E-state index contributed by atoms with van der Waals surface area (Å²) in [5, 5.41) is 6.55. The number of rotatable bonds is 6. The Morgan fingerprint density at radius 3 is 2.83 bits per heavy atom. The van der Waals surface area contributed by atoms with Crippen LogP contribution < -0.4 is 10.6 Å². The lowest BCUT2D eigenvalue weighted by Crippen LogP contribution is -2.35. The topological polar surface area (TPSA) is 41.1 Å². The summed E-state index contributed by atoms with van der Waals surface area (Å²) in [6.45, 7) is 3.52. The summed E-state index contributed by atoms with van der Waals surface area (Å²) in [5.74, 6) is -0.116. The summed E-state index contributed by atoms with van der Waals surface area (Å²) in [7, 11) is 0. The molecule has 0 aliphatic carbocycles. The average molecular weight is 312 g/mol. The zero-order valence-corrected chi connectivity index (χ0v) is 13.2. The molecule has 1 atom stereocenters. The molecule has 0 bridgehead atoms. The summed E-state index contributed by atoms with van der Waals surface area (Å²) in [6, 6.07) is 12.1. The third kappa shape index (κ3) is 3.77. The molecule has 1 aliphatic rings. The highest BCUT2D eigenvalue weighted by atomic mass is 19.1. The predicted molar refractivity (Wildman–Crippen MR) is 90.5 cm³/mol. The first-order chi connectivity index (χ1) is 11.1. The highest BCUT2D eigenvalue weighted by Gasteiger charge is 2.17. The van der Waals surface area contributed by atoms with Gasteiger partial charge in [0, 0.05) is 17.8 Å². The number of carbonyl (C=O) groups is 1. The van der Waals surface area contributed by atoms with Gasteiger partial charge in [0.1, 0.15) is 5.82 Å². The monoisotopic (exact) mass is 312 g/mol. The van der Waals surface area contributed by atoms with Crippen molar-refractivity contribution >= 4 is 11.5 Å². The number of nitrogens with one attached hydrogen (secondary N) is 2. The second-order valence-electron chi connectivity index (χ2n) is 5.97. The number of hydrogen-bond acceptors (Lipinski definition) is 3. The summed E-state index contributed by atoms with van der Waals surface area (Å²) in [6.07, 6.45) is 1.74. The van der Waals surface area contributed by atoms with Crippen LogP contribution in [0, 0.1) is 5.82 Å². The first-order valence-corrected chi connectivity index (χ1v) is 8.02. The van der Waals surface area contributed by atoms with E-state index in [4.69, 9.17) is 0 Å². The van der Waals surface area contributed by atoms with Crippen molar-refractivity contribution in [3.05, 3.63) is 65.0 Å². The molecule has 1 heterocycles. The van der Waals surface area contributed by atoms with E-state index in [9.17, 15) is 9.18 Å². The molecule has 0 radical (unpaired) electrons. The number of carbonyl (C=O) groups excluding carboxylic acids is 1. The smallest absolute Gasteiger partial charge is 0.179 e. The van der Waals surface area contributed by atoms with Crippen molar-refractivity contribution in [1.82, 2.24) is 5.32 Å². The van der Waals surface area contributed by atoms with E-state index in [-0.39, 0.29) is 17.6 Å². The third-order valence-electron chi connectivity index (χ3n) is 4.27. The van der Waals surface area contributed by atoms with Gasteiger partial charge >= 0.3 is 0 Å². The Kier molecular flexibility index (Phi) is 4.72. The standard InChI is InChI=1S/C19H21FN2O/c1-13(21-10-8-14-2-5-17(20)6-3-14)19(23)16-4-7-18-15(12-16)9-11-22-18/h2-7,12-13,21-22H,8-11H2,1H3. The SMILES string of the molecule is CC(NCCc1ccc(F)cc1)C(=O)c1ccc2c(c1)CCN2. The van der Waals surface area contributed by atoms with E-state index in [2.05, 4.69) is 10.6 Å². The molecule has 3 rings (SSSR count). The van der Waals surface area contributed by atoms with Gasteiger partial charge in [-0.05, 0) is 67.8 Å². The van der Waals surface area contributed by atoms with Crippen molar-refractivity contribution in [3.8, 4) is 0 Å². The van der Waals surface area contributed by atoms with Gasteiger partial charge in [0.25, 0.3) is 0 Å². The van der Waals surface area contributed by atoms with E-state index in [1.807, 2.05) is 25.1 Å². The molecule has 0 saturated heterocycles. The first kappa shape index (κ1) is 15.7. The normalized spacial score (nSPS) is 14.2. The van der Waals surface area contributed by atoms with Crippen LogP contribution in [0.2, 0.25) is 0 Å². The minimum atomic E-state index is -0.233. The minimum Gasteiger partial charge on any atom is -0.384 e. The maximum absolute atomic E-state index is 12.9. The Labute approximate surface area is 135 Å². The fourth-order valence-corrected chi connectivity index (χ4v) is 2.88. The van der Waals surface area contributed by atoms with Crippen molar-refractivity contribution in [2.24, 2.45) is 0 Å². The Morgan fingerprint density at radius 2 is 2.04 bits per heavy atom. The fourth-order valence-electron chi connectivity index (χ4n) is 2.88. The molecule has 2 aromatic rings. The van der Waals surface area contributed by atoms with Gasteiger partial charge in [-0.1, -0.05) is 12.1 Å². The second kappa shape index (κ2) is 6.92. The van der Waals surface area contributed by atoms with E-state index < -0.39 is 0 Å². The zero-order chi connectivity index (χ0) is 16.2. The lowest BCUT2D eigenvalue weighted by molar-refractivity contribution is 0.0951. The van der Waals surface area contributed by atoms with Crippen LogP contribution in [0.5, 0.6) is 0 Å². The van der Waals surface area contributed by atoms with Crippen molar-refractivity contribution in [3.63, 3.8) is 0 Å². The maximum Gasteiger partial charge on any atom is 0.179 e. The van der Waals surface area contributed by atoms with E-state index in [1.165, 1.54) is 17.7 Å². The van der Waals surface area contributed by atoms with E-state index in [0.717, 1.165) is 36.2 Å². The molecule has 0 amide bonds. The molecule has 0 aromatic heterocycles. The molecule has 4 heteroatoms. The second-order valence-corrected chi connectivity index (χ2v) is 5.97. The van der Waals surface area contributed by atoms with Gasteiger partial charge in [-0.2, -0.15) is 0 Å². The van der Waals surface area contributed by atoms with Crippen molar-refractivity contribution in [1.29, 1.82) is 0 Å². The number of ketones is 1. The number of anilines is 1. The first-order valence-electron chi connectivity index (χ1n) is 8.02. The zero-order valence-electron chi connectivity index (χ0n) is 13.2. The Morgan fingerprint density at radius 1 is 1.26 bits per heavy atom. The van der Waals surface area contributed by atoms with Crippen LogP contribution >= 0.6 is 0 Å².